The van der Waals surface area contributed by atoms with E-state index in [4.69, 9.17) is 5.11 Å². The van der Waals surface area contributed by atoms with Crippen molar-refractivity contribution >= 4 is 0 Å². The summed E-state index contributed by atoms with van der Waals surface area (Å²) in [4.78, 5) is 4.17. The fraction of sp³-hybridized carbons (Fsp3) is 0.545. The normalized spacial score (nSPS) is 17.4. The largest absolute Gasteiger partial charge is 0.393 e. The zero-order valence-electron chi connectivity index (χ0n) is 8.64. The molecule has 0 radical (unpaired) electrons. The summed E-state index contributed by atoms with van der Waals surface area (Å²) in [6.07, 6.45) is 2.41. The van der Waals surface area contributed by atoms with E-state index in [2.05, 4.69) is 4.98 Å². The predicted molar refractivity (Wildman–Crippen MR) is 54.8 cm³/mol. The molecule has 2 N–H and O–H groups in total. The quantitative estimate of drug-likeness (QED) is 0.753. The molecule has 1 heterocycles. The Hall–Kier alpha value is -0.930. The number of rotatable bonds is 4. The summed E-state index contributed by atoms with van der Waals surface area (Å²) in [5, 5.41) is 18.7. The first-order valence-corrected chi connectivity index (χ1v) is 4.79. The topological polar surface area (TPSA) is 53.4 Å². The van der Waals surface area contributed by atoms with Crippen LogP contribution in [0.4, 0.5) is 0 Å². The van der Waals surface area contributed by atoms with Gasteiger partial charge in [0.1, 0.15) is 0 Å². The molecule has 0 bridgehead atoms. The van der Waals surface area contributed by atoms with E-state index in [1.807, 2.05) is 25.1 Å². The highest BCUT2D eigenvalue weighted by atomic mass is 16.3. The molecule has 1 rings (SSSR count). The van der Waals surface area contributed by atoms with Crippen molar-refractivity contribution in [3.63, 3.8) is 0 Å². The molecule has 0 amide bonds. The van der Waals surface area contributed by atoms with Crippen molar-refractivity contribution in [2.75, 3.05) is 6.61 Å². The summed E-state index contributed by atoms with van der Waals surface area (Å²) in [5.74, 6) is -0.0117. The van der Waals surface area contributed by atoms with Crippen LogP contribution in [-0.4, -0.2) is 27.4 Å². The summed E-state index contributed by atoms with van der Waals surface area (Å²) in [6.45, 7) is 3.33. The molecule has 78 valence electrons. The van der Waals surface area contributed by atoms with Crippen LogP contribution in [0.25, 0.3) is 0 Å². The molecule has 0 unspecified atom stereocenters. The highest BCUT2D eigenvalue weighted by Gasteiger charge is 2.27. The highest BCUT2D eigenvalue weighted by molar-refractivity contribution is 5.05. The molecule has 0 saturated carbocycles. The third-order valence-electron chi connectivity index (χ3n) is 2.62. The first-order valence-electron chi connectivity index (χ1n) is 4.79. The number of pyridine rings is 1. The van der Waals surface area contributed by atoms with Gasteiger partial charge >= 0.3 is 0 Å². The van der Waals surface area contributed by atoms with Crippen molar-refractivity contribution < 1.29 is 10.2 Å². The standard InChI is InChI=1S/C11H17NO2/c1-9(11(2,14)8-13)7-10-5-3-4-6-12-10/h3-6,9,13-14H,7-8H2,1-2H3/t9-,11+/m1/s1. The molecule has 0 saturated heterocycles. The SMILES string of the molecule is C[C@H](Cc1ccccn1)[C@@](C)(O)CO. The third kappa shape index (κ3) is 2.79. The maximum atomic E-state index is 9.78. The Morgan fingerprint density at radius 3 is 2.71 bits per heavy atom. The smallest absolute Gasteiger partial charge is 0.0878 e. The second-order valence-electron chi connectivity index (χ2n) is 3.94. The number of nitrogens with zero attached hydrogens (tertiary/aromatic N) is 1. The van der Waals surface area contributed by atoms with Gasteiger partial charge in [-0.1, -0.05) is 13.0 Å². The fourth-order valence-corrected chi connectivity index (χ4v) is 1.21. The number of aromatic nitrogens is 1. The van der Waals surface area contributed by atoms with E-state index in [-0.39, 0.29) is 12.5 Å². The van der Waals surface area contributed by atoms with Crippen LogP contribution in [0.15, 0.2) is 24.4 Å². The lowest BCUT2D eigenvalue weighted by Gasteiger charge is -2.27. The molecule has 1 aromatic rings. The highest BCUT2D eigenvalue weighted by Crippen LogP contribution is 2.19. The van der Waals surface area contributed by atoms with Gasteiger partial charge < -0.3 is 10.2 Å². The molecule has 0 aliphatic heterocycles. The molecule has 3 nitrogen and oxygen atoms in total. The molecule has 2 atom stereocenters. The molecule has 14 heavy (non-hydrogen) atoms. The molecule has 0 aliphatic rings. The van der Waals surface area contributed by atoms with E-state index >= 15 is 0 Å². The first-order chi connectivity index (χ1) is 6.56. The van der Waals surface area contributed by atoms with Crippen LogP contribution in [0.2, 0.25) is 0 Å². The van der Waals surface area contributed by atoms with Crippen LogP contribution in [0.3, 0.4) is 0 Å². The average molecular weight is 195 g/mol. The Morgan fingerprint density at radius 2 is 2.21 bits per heavy atom. The average Bonchev–Trinajstić information content (AvgIpc) is 2.19. The van der Waals surface area contributed by atoms with Crippen molar-refractivity contribution in [1.29, 1.82) is 0 Å². The third-order valence-corrected chi connectivity index (χ3v) is 2.62. The van der Waals surface area contributed by atoms with E-state index in [1.165, 1.54) is 0 Å². The Balaban J connectivity index is 2.62. The van der Waals surface area contributed by atoms with E-state index in [1.54, 1.807) is 13.1 Å². The summed E-state index contributed by atoms with van der Waals surface area (Å²) in [6, 6.07) is 5.70. The monoisotopic (exact) mass is 195 g/mol. The number of aliphatic hydroxyl groups excluding tert-OH is 1. The molecule has 0 spiro atoms. The molecule has 0 fully saturated rings. The number of hydrogen-bond donors (Lipinski definition) is 2. The lowest BCUT2D eigenvalue weighted by molar-refractivity contribution is -0.0409. The van der Waals surface area contributed by atoms with Gasteiger partial charge in [0.15, 0.2) is 0 Å². The van der Waals surface area contributed by atoms with Gasteiger partial charge in [0.2, 0.25) is 0 Å². The Bertz CT molecular complexity index is 272. The summed E-state index contributed by atoms with van der Waals surface area (Å²) < 4.78 is 0. The molecular weight excluding hydrogens is 178 g/mol. The van der Waals surface area contributed by atoms with E-state index < -0.39 is 5.60 Å². The maximum Gasteiger partial charge on any atom is 0.0878 e. The van der Waals surface area contributed by atoms with Gasteiger partial charge in [0.25, 0.3) is 0 Å². The van der Waals surface area contributed by atoms with Gasteiger partial charge in [-0.15, -0.1) is 0 Å². The van der Waals surface area contributed by atoms with Crippen molar-refractivity contribution in [1.82, 2.24) is 4.98 Å². The zero-order chi connectivity index (χ0) is 10.6. The second-order valence-corrected chi connectivity index (χ2v) is 3.94. The lowest BCUT2D eigenvalue weighted by atomic mass is 9.88. The van der Waals surface area contributed by atoms with Crippen LogP contribution in [0.1, 0.15) is 19.5 Å². The maximum absolute atomic E-state index is 9.78. The van der Waals surface area contributed by atoms with Gasteiger partial charge in [0.05, 0.1) is 12.2 Å². The minimum absolute atomic E-state index is 0.0117. The van der Waals surface area contributed by atoms with Crippen LogP contribution < -0.4 is 0 Å². The minimum atomic E-state index is -1.03. The van der Waals surface area contributed by atoms with Gasteiger partial charge in [-0.3, -0.25) is 4.98 Å². The van der Waals surface area contributed by atoms with Crippen LogP contribution in [-0.2, 0) is 6.42 Å². The van der Waals surface area contributed by atoms with E-state index in [9.17, 15) is 5.11 Å². The van der Waals surface area contributed by atoms with Crippen LogP contribution in [0, 0.1) is 5.92 Å². The number of hydrogen-bond acceptors (Lipinski definition) is 3. The van der Waals surface area contributed by atoms with E-state index in [0.29, 0.717) is 6.42 Å². The Morgan fingerprint density at radius 1 is 1.50 bits per heavy atom. The summed E-state index contributed by atoms with van der Waals surface area (Å²) in [7, 11) is 0. The minimum Gasteiger partial charge on any atom is -0.393 e. The van der Waals surface area contributed by atoms with Crippen molar-refractivity contribution in [2.24, 2.45) is 5.92 Å². The lowest BCUT2D eigenvalue weighted by Crippen LogP contribution is -2.38. The molecular formula is C11H17NO2. The predicted octanol–water partition coefficient (Wildman–Crippen LogP) is 1.00. The first kappa shape index (κ1) is 11.1. The van der Waals surface area contributed by atoms with Gasteiger partial charge in [-0.05, 0) is 31.4 Å². The van der Waals surface area contributed by atoms with Crippen LogP contribution in [0.5, 0.6) is 0 Å². The zero-order valence-corrected chi connectivity index (χ0v) is 8.64. The van der Waals surface area contributed by atoms with Crippen molar-refractivity contribution in [3.05, 3.63) is 30.1 Å². The molecule has 0 aromatic carbocycles. The van der Waals surface area contributed by atoms with E-state index in [0.717, 1.165) is 5.69 Å². The van der Waals surface area contributed by atoms with Gasteiger partial charge in [0, 0.05) is 11.9 Å². The Kier molecular flexibility index (Phi) is 3.61. The second kappa shape index (κ2) is 4.53. The Labute approximate surface area is 84.4 Å². The molecule has 1 aromatic heterocycles. The fourth-order valence-electron chi connectivity index (χ4n) is 1.21. The summed E-state index contributed by atoms with van der Waals surface area (Å²) in [5.41, 5.74) is -0.0916. The molecule has 0 aliphatic carbocycles. The number of aliphatic hydroxyl groups is 2. The van der Waals surface area contributed by atoms with Gasteiger partial charge in [-0.25, -0.2) is 0 Å². The molecule has 3 heteroatoms. The van der Waals surface area contributed by atoms with Crippen LogP contribution >= 0.6 is 0 Å². The van der Waals surface area contributed by atoms with Crippen molar-refractivity contribution in [3.8, 4) is 0 Å². The van der Waals surface area contributed by atoms with Crippen molar-refractivity contribution in [2.45, 2.75) is 25.9 Å². The summed E-state index contributed by atoms with van der Waals surface area (Å²) >= 11 is 0. The van der Waals surface area contributed by atoms with Gasteiger partial charge in [-0.2, -0.15) is 0 Å².